The lowest BCUT2D eigenvalue weighted by molar-refractivity contribution is -0.121. The molecule has 1 atom stereocenters. The second-order valence-corrected chi connectivity index (χ2v) is 7.69. The summed E-state index contributed by atoms with van der Waals surface area (Å²) in [5.41, 5.74) is 5.67. The third kappa shape index (κ3) is 9.28. The summed E-state index contributed by atoms with van der Waals surface area (Å²) in [4.78, 5) is 49.4. The zero-order valence-electron chi connectivity index (χ0n) is 20.6. The van der Waals surface area contributed by atoms with Crippen molar-refractivity contribution in [3.05, 3.63) is 29.3 Å². The van der Waals surface area contributed by atoms with Crippen molar-refractivity contribution in [2.75, 3.05) is 73.1 Å². The number of carbonyl (C=O) groups excluding carboxylic acids is 4. The van der Waals surface area contributed by atoms with Crippen LogP contribution in [0.5, 0.6) is 5.75 Å². The van der Waals surface area contributed by atoms with Gasteiger partial charge in [0, 0.05) is 20.0 Å². The van der Waals surface area contributed by atoms with E-state index in [4.69, 9.17) is 29.4 Å². The second kappa shape index (κ2) is 16.7. The number of ether oxygens (including phenoxy) is 5. The number of amides is 3. The van der Waals surface area contributed by atoms with Crippen molar-refractivity contribution in [3.8, 4) is 5.75 Å². The summed E-state index contributed by atoms with van der Waals surface area (Å²) in [6.45, 7) is 4.27. The highest BCUT2D eigenvalue weighted by atomic mass is 16.6. The number of aldehydes is 1. The maximum absolute atomic E-state index is 12.8. The Morgan fingerprint density at radius 1 is 0.917 bits per heavy atom. The first-order valence-electron chi connectivity index (χ1n) is 11.8. The first-order valence-corrected chi connectivity index (χ1v) is 11.8. The molecule has 0 saturated carbocycles. The van der Waals surface area contributed by atoms with Crippen LogP contribution in [0.2, 0.25) is 0 Å². The van der Waals surface area contributed by atoms with E-state index in [1.54, 1.807) is 6.07 Å². The van der Waals surface area contributed by atoms with Gasteiger partial charge in [0.15, 0.2) is 0 Å². The van der Waals surface area contributed by atoms with Gasteiger partial charge >= 0.3 is 0 Å². The number of benzene rings is 1. The van der Waals surface area contributed by atoms with E-state index in [1.165, 1.54) is 19.2 Å². The van der Waals surface area contributed by atoms with E-state index in [1.807, 2.05) is 0 Å². The molecule has 0 aliphatic carbocycles. The van der Waals surface area contributed by atoms with Crippen LogP contribution < -0.4 is 15.8 Å². The summed E-state index contributed by atoms with van der Waals surface area (Å²) in [7, 11) is 1.47. The highest BCUT2D eigenvalue weighted by Crippen LogP contribution is 2.29. The fraction of sp³-hybridized carbons (Fsp3) is 0.583. The first kappa shape index (κ1) is 29.3. The van der Waals surface area contributed by atoms with Crippen molar-refractivity contribution in [1.82, 2.24) is 10.2 Å². The number of hydrogen-bond acceptors (Lipinski definition) is 10. The molecule has 1 aliphatic rings. The molecule has 1 unspecified atom stereocenters. The van der Waals surface area contributed by atoms with Gasteiger partial charge in [0.05, 0.1) is 70.0 Å². The van der Waals surface area contributed by atoms with Gasteiger partial charge in [0.2, 0.25) is 5.91 Å². The van der Waals surface area contributed by atoms with Crippen LogP contribution in [0, 0.1) is 0 Å². The molecule has 1 aromatic carbocycles. The number of fused-ring (bicyclic) bond motifs is 1. The lowest BCUT2D eigenvalue weighted by Crippen LogP contribution is -2.41. The lowest BCUT2D eigenvalue weighted by atomic mass is 10.1. The Morgan fingerprint density at radius 3 is 2.03 bits per heavy atom. The molecule has 2 rings (SSSR count). The molecule has 1 heterocycles. The molecule has 0 aromatic heterocycles. The smallest absolute Gasteiger partial charge is 0.262 e. The van der Waals surface area contributed by atoms with Crippen LogP contribution in [0.3, 0.4) is 0 Å². The Hall–Kier alpha value is -2.90. The van der Waals surface area contributed by atoms with E-state index in [0.29, 0.717) is 71.4 Å². The van der Waals surface area contributed by atoms with Crippen LogP contribution in [0.4, 0.5) is 0 Å². The maximum Gasteiger partial charge on any atom is 0.262 e. The highest BCUT2D eigenvalue weighted by molar-refractivity contribution is 6.22. The van der Waals surface area contributed by atoms with Gasteiger partial charge in [-0.25, -0.2) is 0 Å². The molecular weight excluding hydrogens is 474 g/mol. The van der Waals surface area contributed by atoms with Gasteiger partial charge in [0.1, 0.15) is 18.6 Å². The van der Waals surface area contributed by atoms with Crippen LogP contribution in [0.15, 0.2) is 18.2 Å². The predicted molar refractivity (Wildman–Crippen MR) is 128 cm³/mol. The van der Waals surface area contributed by atoms with Gasteiger partial charge in [-0.15, -0.1) is 0 Å². The number of nitrogens with zero attached hydrogens (tertiary/aromatic N) is 1. The molecule has 3 amide bonds. The average molecular weight is 510 g/mol. The van der Waals surface area contributed by atoms with Gasteiger partial charge in [-0.2, -0.15) is 0 Å². The standard InChI is InChI=1S/C24H35N3O9/c1-26-22(29)5-2-18(17-28)27-23(30)20-4-3-19(16-21(20)24(27)31)36-15-14-35-13-12-34-11-10-33-9-8-32-7-6-25/h3-4,16-18H,2,5-15,25H2,1H3,(H,26,29). The molecule has 1 aliphatic heterocycles. The van der Waals surface area contributed by atoms with Crippen molar-refractivity contribution in [3.63, 3.8) is 0 Å². The third-order valence-electron chi connectivity index (χ3n) is 5.20. The molecule has 0 bridgehead atoms. The minimum Gasteiger partial charge on any atom is -0.491 e. The van der Waals surface area contributed by atoms with E-state index in [9.17, 15) is 19.2 Å². The molecule has 0 saturated heterocycles. The number of hydrogen-bond donors (Lipinski definition) is 2. The van der Waals surface area contributed by atoms with Gasteiger partial charge in [-0.05, 0) is 24.6 Å². The highest BCUT2D eigenvalue weighted by Gasteiger charge is 2.40. The average Bonchev–Trinajstić information content (AvgIpc) is 3.13. The zero-order valence-corrected chi connectivity index (χ0v) is 20.6. The Bertz CT molecular complexity index is 865. The second-order valence-electron chi connectivity index (χ2n) is 7.69. The first-order chi connectivity index (χ1) is 17.5. The Labute approximate surface area is 210 Å². The van der Waals surface area contributed by atoms with Crippen molar-refractivity contribution >= 4 is 24.0 Å². The van der Waals surface area contributed by atoms with Crippen LogP contribution in [-0.4, -0.2) is 108 Å². The third-order valence-corrected chi connectivity index (χ3v) is 5.20. The van der Waals surface area contributed by atoms with Crippen LogP contribution in [0.1, 0.15) is 33.6 Å². The molecular formula is C24H35N3O9. The zero-order chi connectivity index (χ0) is 26.2. The fourth-order valence-electron chi connectivity index (χ4n) is 3.36. The SMILES string of the molecule is CNC(=O)CCC(C=O)N1C(=O)c2ccc(OCCOCCOCCOCCOCCN)cc2C1=O. The van der Waals surface area contributed by atoms with Crippen molar-refractivity contribution in [2.24, 2.45) is 5.73 Å². The Morgan fingerprint density at radius 2 is 1.47 bits per heavy atom. The van der Waals surface area contributed by atoms with Crippen molar-refractivity contribution in [2.45, 2.75) is 18.9 Å². The molecule has 12 nitrogen and oxygen atoms in total. The number of carbonyl (C=O) groups is 4. The van der Waals surface area contributed by atoms with E-state index in [-0.39, 0.29) is 36.5 Å². The Balaban J connectivity index is 1.66. The van der Waals surface area contributed by atoms with E-state index < -0.39 is 17.9 Å². The number of nitrogens with one attached hydrogen (secondary N) is 1. The maximum atomic E-state index is 12.8. The van der Waals surface area contributed by atoms with E-state index in [0.717, 1.165) is 4.90 Å². The molecule has 3 N–H and O–H groups in total. The minimum atomic E-state index is -1.02. The summed E-state index contributed by atoms with van der Waals surface area (Å²) in [5.74, 6) is -1.03. The molecule has 0 fully saturated rings. The number of nitrogens with two attached hydrogens (primary N) is 1. The molecule has 0 radical (unpaired) electrons. The Kier molecular flexibility index (Phi) is 13.6. The fourth-order valence-corrected chi connectivity index (χ4v) is 3.36. The van der Waals surface area contributed by atoms with Gasteiger partial charge < -0.3 is 39.5 Å². The molecule has 1 aromatic rings. The van der Waals surface area contributed by atoms with Gasteiger partial charge in [-0.1, -0.05) is 0 Å². The lowest BCUT2D eigenvalue weighted by Gasteiger charge is -2.20. The quantitative estimate of drug-likeness (QED) is 0.137. The summed E-state index contributed by atoms with van der Waals surface area (Å²) < 4.78 is 27.0. The number of imide groups is 1. The van der Waals surface area contributed by atoms with Gasteiger partial charge in [-0.3, -0.25) is 19.3 Å². The predicted octanol–water partition coefficient (Wildman–Crippen LogP) is -0.220. The van der Waals surface area contributed by atoms with Crippen molar-refractivity contribution in [1.29, 1.82) is 0 Å². The summed E-state index contributed by atoms with van der Waals surface area (Å²) in [6, 6.07) is 3.53. The molecule has 36 heavy (non-hydrogen) atoms. The summed E-state index contributed by atoms with van der Waals surface area (Å²) in [5, 5.41) is 2.45. The molecule has 200 valence electrons. The van der Waals surface area contributed by atoms with Gasteiger partial charge in [0.25, 0.3) is 11.8 Å². The van der Waals surface area contributed by atoms with Crippen LogP contribution in [0.25, 0.3) is 0 Å². The summed E-state index contributed by atoms with van der Waals surface area (Å²) in [6.07, 6.45) is 0.581. The topological polar surface area (TPSA) is 156 Å². The normalized spacial score (nSPS) is 13.6. The summed E-state index contributed by atoms with van der Waals surface area (Å²) >= 11 is 0. The largest absolute Gasteiger partial charge is 0.491 e. The van der Waals surface area contributed by atoms with E-state index in [2.05, 4.69) is 5.32 Å². The number of rotatable bonds is 20. The van der Waals surface area contributed by atoms with Crippen molar-refractivity contribution < 1.29 is 42.9 Å². The minimum absolute atomic E-state index is 0.0194. The molecule has 0 spiro atoms. The van der Waals surface area contributed by atoms with Crippen LogP contribution >= 0.6 is 0 Å². The van der Waals surface area contributed by atoms with Crippen LogP contribution in [-0.2, 0) is 28.5 Å². The molecule has 12 heteroatoms. The van der Waals surface area contributed by atoms with E-state index >= 15 is 0 Å². The monoisotopic (exact) mass is 509 g/mol.